The Morgan fingerprint density at radius 1 is 1.00 bits per heavy atom. The monoisotopic (exact) mass is 472 g/mol. The van der Waals surface area contributed by atoms with Gasteiger partial charge in [0.1, 0.15) is 5.82 Å². The van der Waals surface area contributed by atoms with Gasteiger partial charge in [0, 0.05) is 32.0 Å². The lowest BCUT2D eigenvalue weighted by atomic mass is 9.91. The number of nitrogens with one attached hydrogen (secondary N) is 1. The van der Waals surface area contributed by atoms with Crippen LogP contribution in [0.2, 0.25) is 0 Å². The van der Waals surface area contributed by atoms with Crippen molar-refractivity contribution >= 4 is 28.4 Å². The minimum absolute atomic E-state index is 0.0329. The lowest BCUT2D eigenvalue weighted by Gasteiger charge is -2.35. The van der Waals surface area contributed by atoms with Crippen LogP contribution in [-0.2, 0) is 11.2 Å². The Labute approximate surface area is 205 Å². The van der Waals surface area contributed by atoms with Crippen LogP contribution < -0.4 is 10.9 Å². The van der Waals surface area contributed by atoms with Crippen molar-refractivity contribution in [3.05, 3.63) is 70.3 Å². The van der Waals surface area contributed by atoms with E-state index in [9.17, 15) is 14.4 Å². The highest BCUT2D eigenvalue weighted by molar-refractivity contribution is 6.03. The zero-order chi connectivity index (χ0) is 24.5. The Hall–Kier alpha value is -3.48. The van der Waals surface area contributed by atoms with E-state index in [1.807, 2.05) is 35.2 Å². The van der Waals surface area contributed by atoms with E-state index in [1.165, 1.54) is 0 Å². The molecule has 1 N–H and O–H groups in total. The largest absolute Gasteiger partial charge is 0.338 e. The molecule has 0 bridgehead atoms. The predicted molar refractivity (Wildman–Crippen MR) is 137 cm³/mol. The second-order valence-electron chi connectivity index (χ2n) is 10.2. The SMILES string of the molecule is CC1CC(C)CN(C(=O)c2ccccc2NC(=O)CCc2nc3ccccc3c(=O)n2C2CC2)C1. The number of hydrogen-bond donors (Lipinski definition) is 1. The number of fused-ring (bicyclic) bond motifs is 1. The molecule has 0 spiro atoms. The molecule has 0 radical (unpaired) electrons. The van der Waals surface area contributed by atoms with E-state index >= 15 is 0 Å². The fraction of sp³-hybridized carbons (Fsp3) is 0.429. The third-order valence-electron chi connectivity index (χ3n) is 6.96. The third kappa shape index (κ3) is 4.99. The number of carbonyl (C=O) groups excluding carboxylic acids is 2. The molecule has 2 aromatic carbocycles. The molecule has 2 atom stereocenters. The highest BCUT2D eigenvalue weighted by Gasteiger charge is 2.29. The number of hydrogen-bond acceptors (Lipinski definition) is 4. The van der Waals surface area contributed by atoms with Crippen molar-refractivity contribution in [1.29, 1.82) is 0 Å². The summed E-state index contributed by atoms with van der Waals surface area (Å²) >= 11 is 0. The first-order valence-electron chi connectivity index (χ1n) is 12.6. The van der Waals surface area contributed by atoms with E-state index in [2.05, 4.69) is 19.2 Å². The summed E-state index contributed by atoms with van der Waals surface area (Å²) in [4.78, 5) is 45.9. The van der Waals surface area contributed by atoms with Crippen molar-refractivity contribution in [3.63, 3.8) is 0 Å². The van der Waals surface area contributed by atoms with Crippen LogP contribution in [0.3, 0.4) is 0 Å². The average Bonchev–Trinajstić information content (AvgIpc) is 3.67. The minimum Gasteiger partial charge on any atom is -0.338 e. The van der Waals surface area contributed by atoms with Crippen LogP contribution in [0, 0.1) is 11.8 Å². The fourth-order valence-electron chi connectivity index (χ4n) is 5.29. The number of amides is 2. The van der Waals surface area contributed by atoms with Gasteiger partial charge < -0.3 is 10.2 Å². The Morgan fingerprint density at radius 2 is 1.69 bits per heavy atom. The molecule has 2 unspecified atom stereocenters. The van der Waals surface area contributed by atoms with Gasteiger partial charge in [0.05, 0.1) is 22.2 Å². The van der Waals surface area contributed by atoms with Crippen LogP contribution in [0.5, 0.6) is 0 Å². The number of piperidine rings is 1. The van der Waals surface area contributed by atoms with Gasteiger partial charge in [0.25, 0.3) is 11.5 Å². The van der Waals surface area contributed by atoms with Gasteiger partial charge in [0.15, 0.2) is 0 Å². The molecule has 182 valence electrons. The number of nitrogens with zero attached hydrogens (tertiary/aromatic N) is 3. The maximum Gasteiger partial charge on any atom is 0.261 e. The van der Waals surface area contributed by atoms with Gasteiger partial charge in [-0.2, -0.15) is 0 Å². The molecule has 5 rings (SSSR count). The van der Waals surface area contributed by atoms with E-state index in [0.717, 1.165) is 32.4 Å². The van der Waals surface area contributed by atoms with E-state index in [1.54, 1.807) is 22.8 Å². The zero-order valence-corrected chi connectivity index (χ0v) is 20.4. The molecule has 1 aliphatic heterocycles. The zero-order valence-electron chi connectivity index (χ0n) is 20.4. The van der Waals surface area contributed by atoms with Gasteiger partial charge in [-0.1, -0.05) is 38.1 Å². The van der Waals surface area contributed by atoms with Crippen LogP contribution in [0.1, 0.15) is 61.8 Å². The number of likely N-dealkylation sites (tertiary alicyclic amines) is 1. The number of aromatic nitrogens is 2. The first kappa shape index (κ1) is 23.3. The van der Waals surface area contributed by atoms with Crippen molar-refractivity contribution in [2.75, 3.05) is 18.4 Å². The van der Waals surface area contributed by atoms with Gasteiger partial charge in [-0.3, -0.25) is 19.0 Å². The second-order valence-corrected chi connectivity index (χ2v) is 10.2. The maximum atomic E-state index is 13.3. The van der Waals surface area contributed by atoms with E-state index in [0.29, 0.717) is 46.2 Å². The van der Waals surface area contributed by atoms with Gasteiger partial charge in [-0.25, -0.2) is 4.98 Å². The number of benzene rings is 2. The van der Waals surface area contributed by atoms with E-state index in [4.69, 9.17) is 4.98 Å². The topological polar surface area (TPSA) is 84.3 Å². The number of rotatable bonds is 6. The number of anilines is 1. The molecule has 1 aromatic heterocycles. The number of para-hydroxylation sites is 2. The third-order valence-corrected chi connectivity index (χ3v) is 6.96. The lowest BCUT2D eigenvalue weighted by Crippen LogP contribution is -2.42. The summed E-state index contributed by atoms with van der Waals surface area (Å²) in [7, 11) is 0. The molecule has 1 saturated carbocycles. The molecule has 1 aliphatic carbocycles. The van der Waals surface area contributed by atoms with Crippen molar-refractivity contribution in [1.82, 2.24) is 14.5 Å². The minimum atomic E-state index is -0.199. The molecular weight excluding hydrogens is 440 g/mol. The van der Waals surface area contributed by atoms with Crippen molar-refractivity contribution in [2.45, 2.75) is 52.0 Å². The van der Waals surface area contributed by atoms with Crippen molar-refractivity contribution in [3.8, 4) is 0 Å². The van der Waals surface area contributed by atoms with E-state index < -0.39 is 0 Å². The van der Waals surface area contributed by atoms with Gasteiger partial charge in [-0.15, -0.1) is 0 Å². The van der Waals surface area contributed by atoms with Gasteiger partial charge in [-0.05, 0) is 55.4 Å². The lowest BCUT2D eigenvalue weighted by molar-refractivity contribution is -0.116. The molecule has 3 aromatic rings. The maximum absolute atomic E-state index is 13.3. The number of aryl methyl sites for hydroxylation is 1. The van der Waals surface area contributed by atoms with E-state index in [-0.39, 0.29) is 29.8 Å². The Morgan fingerprint density at radius 3 is 2.43 bits per heavy atom. The summed E-state index contributed by atoms with van der Waals surface area (Å²) in [5.41, 5.74) is 1.67. The molecule has 1 saturated heterocycles. The summed E-state index contributed by atoms with van der Waals surface area (Å²) in [5, 5.41) is 3.55. The Balaban J connectivity index is 1.32. The van der Waals surface area contributed by atoms with Crippen LogP contribution in [0.4, 0.5) is 5.69 Å². The highest BCUT2D eigenvalue weighted by Crippen LogP contribution is 2.35. The van der Waals surface area contributed by atoms with Gasteiger partial charge >= 0.3 is 0 Å². The molecular formula is C28H32N4O3. The van der Waals surface area contributed by atoms with Crippen LogP contribution in [0.25, 0.3) is 10.9 Å². The number of carbonyl (C=O) groups is 2. The normalized spacial score (nSPS) is 20.1. The first-order chi connectivity index (χ1) is 16.9. The van der Waals surface area contributed by atoms with Crippen molar-refractivity contribution in [2.24, 2.45) is 11.8 Å². The second kappa shape index (κ2) is 9.64. The standard InChI is InChI=1S/C28H32N4O3/c1-18-15-19(2)17-31(16-18)27(34)21-7-3-6-10-24(21)30-26(33)14-13-25-29-23-9-5-4-8-22(23)28(35)32(25)20-11-12-20/h3-10,18-20H,11-17H2,1-2H3,(H,30,33). The first-order valence-corrected chi connectivity index (χ1v) is 12.6. The summed E-state index contributed by atoms with van der Waals surface area (Å²) in [6.07, 6.45) is 3.58. The predicted octanol–water partition coefficient (Wildman–Crippen LogP) is 4.42. The van der Waals surface area contributed by atoms with Crippen LogP contribution in [0.15, 0.2) is 53.3 Å². The fourth-order valence-corrected chi connectivity index (χ4v) is 5.29. The summed E-state index contributed by atoms with van der Waals surface area (Å²) in [5.74, 6) is 1.33. The van der Waals surface area contributed by atoms with Crippen LogP contribution >= 0.6 is 0 Å². The molecule has 2 amide bonds. The highest BCUT2D eigenvalue weighted by atomic mass is 16.2. The van der Waals surface area contributed by atoms with Crippen LogP contribution in [-0.4, -0.2) is 39.4 Å². The molecule has 35 heavy (non-hydrogen) atoms. The van der Waals surface area contributed by atoms with Gasteiger partial charge in [0.2, 0.25) is 5.91 Å². The molecule has 7 nitrogen and oxygen atoms in total. The summed E-state index contributed by atoms with van der Waals surface area (Å²) in [6.45, 7) is 5.81. The summed E-state index contributed by atoms with van der Waals surface area (Å²) < 4.78 is 1.77. The molecule has 2 heterocycles. The molecule has 2 aliphatic rings. The average molecular weight is 473 g/mol. The quantitative estimate of drug-likeness (QED) is 0.576. The smallest absolute Gasteiger partial charge is 0.261 e. The summed E-state index contributed by atoms with van der Waals surface area (Å²) in [6, 6.07) is 14.7. The molecule has 7 heteroatoms. The molecule has 2 fully saturated rings. The Kier molecular flexibility index (Phi) is 6.41. The van der Waals surface area contributed by atoms with Crippen molar-refractivity contribution < 1.29 is 9.59 Å². The Bertz CT molecular complexity index is 1320.